The van der Waals surface area contributed by atoms with Crippen molar-refractivity contribution in [2.75, 3.05) is 13.1 Å². The van der Waals surface area contributed by atoms with Crippen LogP contribution in [0.1, 0.15) is 36.8 Å². The van der Waals surface area contributed by atoms with Gasteiger partial charge in [-0.25, -0.2) is 8.78 Å². The van der Waals surface area contributed by atoms with E-state index < -0.39 is 17.7 Å². The summed E-state index contributed by atoms with van der Waals surface area (Å²) >= 11 is 0. The van der Waals surface area contributed by atoms with Gasteiger partial charge in [-0.05, 0) is 47.9 Å². The molecule has 5 heteroatoms. The minimum absolute atomic E-state index is 0.0313. The smallest absolute Gasteiger partial charge is 0.223 e. The third-order valence-electron chi connectivity index (χ3n) is 4.70. The highest BCUT2D eigenvalue weighted by molar-refractivity contribution is 5.77. The number of likely N-dealkylation sites (tertiary alicyclic amines) is 1. The van der Waals surface area contributed by atoms with Gasteiger partial charge in [0.2, 0.25) is 5.91 Å². The lowest BCUT2D eigenvalue weighted by Gasteiger charge is -2.37. The molecule has 0 bridgehead atoms. The minimum Gasteiger partial charge on any atom is -0.389 e. The van der Waals surface area contributed by atoms with Crippen LogP contribution in [0.2, 0.25) is 0 Å². The maximum absolute atomic E-state index is 13.4. The van der Waals surface area contributed by atoms with E-state index in [1.807, 2.05) is 6.92 Å². The molecule has 2 atom stereocenters. The van der Waals surface area contributed by atoms with Gasteiger partial charge in [0, 0.05) is 19.5 Å². The number of benzene rings is 1. The Kier molecular flexibility index (Phi) is 3.69. The van der Waals surface area contributed by atoms with Gasteiger partial charge in [0.25, 0.3) is 0 Å². The standard InChI is InChI=1S/C16H19F2NO2/c1-9(4-16(21)19-7-11(20)8-19)12-3-2-10-5-14(17)15(18)6-13(10)12/h5-6,9,11-12,20H,2-4,7-8H2,1H3. The van der Waals surface area contributed by atoms with E-state index in [1.54, 1.807) is 4.90 Å². The third-order valence-corrected chi connectivity index (χ3v) is 4.70. The monoisotopic (exact) mass is 295 g/mol. The molecule has 1 amide bonds. The predicted molar refractivity (Wildman–Crippen MR) is 73.8 cm³/mol. The van der Waals surface area contributed by atoms with Gasteiger partial charge in [0.15, 0.2) is 11.6 Å². The van der Waals surface area contributed by atoms with Crippen LogP contribution in [0.15, 0.2) is 12.1 Å². The van der Waals surface area contributed by atoms with E-state index in [1.165, 1.54) is 12.1 Å². The van der Waals surface area contributed by atoms with Gasteiger partial charge >= 0.3 is 0 Å². The summed E-state index contributed by atoms with van der Waals surface area (Å²) in [5.41, 5.74) is 1.70. The van der Waals surface area contributed by atoms with E-state index in [4.69, 9.17) is 0 Å². The summed E-state index contributed by atoms with van der Waals surface area (Å²) in [6.07, 6.45) is 1.55. The first-order chi connectivity index (χ1) is 9.95. The molecule has 1 aromatic rings. The SMILES string of the molecule is CC(CC(=O)N1CC(O)C1)C1CCc2cc(F)c(F)cc21. The number of aryl methyl sites for hydroxylation is 1. The Bertz CT molecular complexity index is 570. The molecule has 1 saturated heterocycles. The third kappa shape index (κ3) is 2.67. The molecule has 1 N–H and O–H groups in total. The Morgan fingerprint density at radius 3 is 2.71 bits per heavy atom. The number of fused-ring (bicyclic) bond motifs is 1. The zero-order valence-electron chi connectivity index (χ0n) is 12.0. The number of β-amino-alcohol motifs (C(OH)–C–C–N with tert-alkyl or cyclic N) is 1. The van der Waals surface area contributed by atoms with Crippen LogP contribution in [0.5, 0.6) is 0 Å². The van der Waals surface area contributed by atoms with Gasteiger partial charge in [0.05, 0.1) is 6.10 Å². The number of nitrogens with zero attached hydrogens (tertiary/aromatic N) is 1. The quantitative estimate of drug-likeness (QED) is 0.929. The molecule has 21 heavy (non-hydrogen) atoms. The lowest BCUT2D eigenvalue weighted by molar-refractivity contribution is -0.142. The van der Waals surface area contributed by atoms with Gasteiger partial charge in [-0.1, -0.05) is 6.92 Å². The Balaban J connectivity index is 1.69. The molecule has 0 spiro atoms. The van der Waals surface area contributed by atoms with Crippen molar-refractivity contribution in [2.24, 2.45) is 5.92 Å². The molecule has 3 nitrogen and oxygen atoms in total. The van der Waals surface area contributed by atoms with Crippen LogP contribution in [0.25, 0.3) is 0 Å². The summed E-state index contributed by atoms with van der Waals surface area (Å²) < 4.78 is 26.7. The van der Waals surface area contributed by atoms with E-state index in [0.29, 0.717) is 19.5 Å². The second-order valence-corrected chi connectivity index (χ2v) is 6.24. The van der Waals surface area contributed by atoms with Crippen LogP contribution in [-0.2, 0) is 11.2 Å². The number of aliphatic hydroxyl groups is 1. The van der Waals surface area contributed by atoms with E-state index in [0.717, 1.165) is 24.0 Å². The van der Waals surface area contributed by atoms with Crippen LogP contribution < -0.4 is 0 Å². The Morgan fingerprint density at radius 1 is 1.38 bits per heavy atom. The van der Waals surface area contributed by atoms with Gasteiger partial charge in [-0.2, -0.15) is 0 Å². The number of hydrogen-bond acceptors (Lipinski definition) is 2. The molecule has 1 aliphatic carbocycles. The number of carbonyl (C=O) groups excluding carboxylic acids is 1. The van der Waals surface area contributed by atoms with E-state index >= 15 is 0 Å². The lowest BCUT2D eigenvalue weighted by atomic mass is 9.85. The normalized spacial score (nSPS) is 22.9. The zero-order valence-corrected chi connectivity index (χ0v) is 12.0. The summed E-state index contributed by atoms with van der Waals surface area (Å²) in [6, 6.07) is 2.57. The van der Waals surface area contributed by atoms with Crippen LogP contribution >= 0.6 is 0 Å². The van der Waals surface area contributed by atoms with E-state index in [-0.39, 0.29) is 17.7 Å². The van der Waals surface area contributed by atoms with Crippen molar-refractivity contribution in [3.05, 3.63) is 34.9 Å². The fourth-order valence-electron chi connectivity index (χ4n) is 3.43. The first-order valence-electron chi connectivity index (χ1n) is 7.39. The number of carbonyl (C=O) groups is 1. The Hall–Kier alpha value is -1.49. The maximum atomic E-state index is 13.4. The van der Waals surface area contributed by atoms with Crippen molar-refractivity contribution in [1.29, 1.82) is 0 Å². The van der Waals surface area contributed by atoms with Crippen LogP contribution in [0, 0.1) is 17.6 Å². The average Bonchev–Trinajstić information content (AvgIpc) is 2.78. The Labute approximate surface area is 122 Å². The minimum atomic E-state index is -0.815. The molecule has 0 aromatic heterocycles. The van der Waals surface area contributed by atoms with Crippen LogP contribution in [0.4, 0.5) is 8.78 Å². The van der Waals surface area contributed by atoms with E-state index in [9.17, 15) is 18.7 Å². The van der Waals surface area contributed by atoms with Crippen molar-refractivity contribution in [3.63, 3.8) is 0 Å². The number of hydrogen-bond donors (Lipinski definition) is 1. The van der Waals surface area contributed by atoms with Gasteiger partial charge in [0.1, 0.15) is 0 Å². The van der Waals surface area contributed by atoms with Crippen molar-refractivity contribution in [3.8, 4) is 0 Å². The fourth-order valence-corrected chi connectivity index (χ4v) is 3.43. The molecule has 2 unspecified atom stereocenters. The molecule has 114 valence electrons. The number of halogens is 2. The molecule has 1 fully saturated rings. The largest absolute Gasteiger partial charge is 0.389 e. The first-order valence-corrected chi connectivity index (χ1v) is 7.39. The molecular weight excluding hydrogens is 276 g/mol. The number of aliphatic hydroxyl groups excluding tert-OH is 1. The molecular formula is C16H19F2NO2. The van der Waals surface area contributed by atoms with Crippen LogP contribution in [0.3, 0.4) is 0 Å². The topological polar surface area (TPSA) is 40.5 Å². The fraction of sp³-hybridized carbons (Fsp3) is 0.562. The summed E-state index contributed by atoms with van der Waals surface area (Å²) in [4.78, 5) is 13.7. The summed E-state index contributed by atoms with van der Waals surface area (Å²) in [6.45, 7) is 2.80. The lowest BCUT2D eigenvalue weighted by Crippen LogP contribution is -2.53. The molecule has 1 aliphatic heterocycles. The van der Waals surface area contributed by atoms with Crippen molar-refractivity contribution in [2.45, 2.75) is 38.2 Å². The number of rotatable bonds is 3. The molecule has 0 radical (unpaired) electrons. The summed E-state index contributed by atoms with van der Waals surface area (Å²) in [7, 11) is 0. The van der Waals surface area contributed by atoms with Crippen molar-refractivity contribution < 1.29 is 18.7 Å². The van der Waals surface area contributed by atoms with Gasteiger partial charge in [-0.15, -0.1) is 0 Å². The average molecular weight is 295 g/mol. The van der Waals surface area contributed by atoms with Gasteiger partial charge < -0.3 is 10.0 Å². The maximum Gasteiger partial charge on any atom is 0.223 e. The van der Waals surface area contributed by atoms with Crippen molar-refractivity contribution >= 4 is 5.91 Å². The zero-order chi connectivity index (χ0) is 15.1. The molecule has 2 aliphatic rings. The molecule has 1 heterocycles. The highest BCUT2D eigenvalue weighted by atomic mass is 19.2. The predicted octanol–water partition coefficient (Wildman–Crippen LogP) is 2.22. The second kappa shape index (κ2) is 5.37. The number of amides is 1. The molecule has 3 rings (SSSR count). The van der Waals surface area contributed by atoms with Gasteiger partial charge in [-0.3, -0.25) is 4.79 Å². The highest BCUT2D eigenvalue weighted by Crippen LogP contribution is 2.40. The van der Waals surface area contributed by atoms with Crippen molar-refractivity contribution in [1.82, 2.24) is 4.90 Å². The Morgan fingerprint density at radius 2 is 2.05 bits per heavy atom. The van der Waals surface area contributed by atoms with E-state index in [2.05, 4.69) is 0 Å². The highest BCUT2D eigenvalue weighted by Gasteiger charge is 2.33. The molecule has 1 aromatic carbocycles. The first kappa shape index (κ1) is 14.4. The second-order valence-electron chi connectivity index (χ2n) is 6.24. The summed E-state index contributed by atoms with van der Waals surface area (Å²) in [5, 5.41) is 9.23. The van der Waals surface area contributed by atoms with Crippen LogP contribution in [-0.4, -0.2) is 35.1 Å². The summed E-state index contributed by atoms with van der Waals surface area (Å²) in [5.74, 6) is -1.40. The molecule has 0 saturated carbocycles.